The lowest BCUT2D eigenvalue weighted by molar-refractivity contribution is -0.127. The Hall–Kier alpha value is -1.22. The Morgan fingerprint density at radius 2 is 1.84 bits per heavy atom. The van der Waals surface area contributed by atoms with Gasteiger partial charge in [-0.1, -0.05) is 17.7 Å². The van der Waals surface area contributed by atoms with Gasteiger partial charge in [0.1, 0.15) is 5.75 Å². The molecular formula is C21H28ClNO2. The van der Waals surface area contributed by atoms with Crippen molar-refractivity contribution in [1.29, 1.82) is 0 Å². The Kier molecular flexibility index (Phi) is 4.47. The van der Waals surface area contributed by atoms with Gasteiger partial charge in [0.2, 0.25) is 0 Å². The van der Waals surface area contributed by atoms with Gasteiger partial charge in [-0.2, -0.15) is 0 Å². The van der Waals surface area contributed by atoms with Crippen molar-refractivity contribution in [2.24, 2.45) is 23.2 Å². The third-order valence-electron chi connectivity index (χ3n) is 6.83. The molecule has 4 heteroatoms. The molecular weight excluding hydrogens is 334 g/mol. The molecule has 4 aliphatic carbocycles. The fourth-order valence-electron chi connectivity index (χ4n) is 6.01. The van der Waals surface area contributed by atoms with Gasteiger partial charge >= 0.3 is 0 Å². The molecule has 1 amide bonds. The molecule has 4 fully saturated rings. The normalized spacial score (nSPS) is 34.0. The first kappa shape index (κ1) is 17.2. The molecule has 0 aliphatic heterocycles. The van der Waals surface area contributed by atoms with Crippen LogP contribution in [0.15, 0.2) is 18.2 Å². The van der Waals surface area contributed by atoms with Gasteiger partial charge in [-0.3, -0.25) is 4.79 Å². The molecule has 4 saturated carbocycles. The molecule has 3 nitrogen and oxygen atoms in total. The molecule has 0 saturated heterocycles. The van der Waals surface area contributed by atoms with Crippen LogP contribution in [0.4, 0.5) is 0 Å². The molecule has 1 atom stereocenters. The van der Waals surface area contributed by atoms with Crippen LogP contribution in [0.2, 0.25) is 5.02 Å². The molecule has 0 unspecified atom stereocenters. The van der Waals surface area contributed by atoms with Crippen LogP contribution >= 0.6 is 11.6 Å². The van der Waals surface area contributed by atoms with Gasteiger partial charge in [0.25, 0.3) is 5.91 Å². The molecule has 4 aliphatic rings. The van der Waals surface area contributed by atoms with E-state index < -0.39 is 0 Å². The van der Waals surface area contributed by atoms with Gasteiger partial charge in [0, 0.05) is 6.04 Å². The number of benzene rings is 1. The molecule has 25 heavy (non-hydrogen) atoms. The fourth-order valence-corrected chi connectivity index (χ4v) is 6.18. The Morgan fingerprint density at radius 1 is 1.24 bits per heavy atom. The number of rotatable bonds is 5. The molecule has 4 bridgehead atoms. The van der Waals surface area contributed by atoms with Crippen molar-refractivity contribution in [3.05, 3.63) is 28.8 Å². The zero-order valence-electron chi connectivity index (χ0n) is 15.2. The highest BCUT2D eigenvalue weighted by molar-refractivity contribution is 6.32. The van der Waals surface area contributed by atoms with E-state index in [1.165, 1.54) is 38.5 Å². The van der Waals surface area contributed by atoms with Gasteiger partial charge < -0.3 is 10.1 Å². The van der Waals surface area contributed by atoms with Crippen molar-refractivity contribution < 1.29 is 9.53 Å². The number of ether oxygens (including phenoxy) is 1. The van der Waals surface area contributed by atoms with E-state index in [-0.39, 0.29) is 18.6 Å². The fraction of sp³-hybridized carbons (Fsp3) is 0.667. The minimum atomic E-state index is -0.0409. The average molecular weight is 362 g/mol. The lowest BCUT2D eigenvalue weighted by Crippen LogP contribution is -2.56. The van der Waals surface area contributed by atoms with Crippen LogP contribution in [0.1, 0.15) is 51.0 Å². The third kappa shape index (κ3) is 3.40. The minimum Gasteiger partial charge on any atom is -0.482 e. The zero-order chi connectivity index (χ0) is 17.6. The number of nitrogens with one attached hydrogen (secondary N) is 1. The molecule has 1 aromatic carbocycles. The van der Waals surface area contributed by atoms with E-state index in [9.17, 15) is 4.79 Å². The largest absolute Gasteiger partial charge is 0.482 e. The summed E-state index contributed by atoms with van der Waals surface area (Å²) in [5.41, 5.74) is 1.40. The number of hydrogen-bond donors (Lipinski definition) is 1. The van der Waals surface area contributed by atoms with Crippen LogP contribution in [-0.2, 0) is 4.79 Å². The Labute approximate surface area is 155 Å². The quantitative estimate of drug-likeness (QED) is 0.821. The number of halogens is 1. The second-order valence-electron chi connectivity index (χ2n) is 8.79. The SMILES string of the molecule is Cc1ccc(Cl)c(OCC(=O)N[C@H](C)C23CC4CC(CC(C4)C2)C3)c1. The van der Waals surface area contributed by atoms with E-state index in [1.807, 2.05) is 25.1 Å². The highest BCUT2D eigenvalue weighted by Crippen LogP contribution is 2.61. The van der Waals surface area contributed by atoms with Crippen molar-refractivity contribution in [3.8, 4) is 5.75 Å². The van der Waals surface area contributed by atoms with Crippen LogP contribution in [0.3, 0.4) is 0 Å². The second-order valence-corrected chi connectivity index (χ2v) is 9.20. The third-order valence-corrected chi connectivity index (χ3v) is 7.14. The first-order valence-corrected chi connectivity index (χ1v) is 10.00. The smallest absolute Gasteiger partial charge is 0.258 e. The topological polar surface area (TPSA) is 38.3 Å². The van der Waals surface area contributed by atoms with Gasteiger partial charge in [-0.15, -0.1) is 0 Å². The van der Waals surface area contributed by atoms with Crippen LogP contribution in [-0.4, -0.2) is 18.6 Å². The van der Waals surface area contributed by atoms with Crippen LogP contribution in [0.25, 0.3) is 0 Å². The Balaban J connectivity index is 1.35. The maximum atomic E-state index is 12.4. The number of carbonyl (C=O) groups excluding carboxylic acids is 1. The zero-order valence-corrected chi connectivity index (χ0v) is 15.9. The van der Waals surface area contributed by atoms with Gasteiger partial charge in [0.15, 0.2) is 6.61 Å². The molecule has 5 rings (SSSR count). The van der Waals surface area contributed by atoms with Crippen molar-refractivity contribution in [3.63, 3.8) is 0 Å². The highest BCUT2D eigenvalue weighted by Gasteiger charge is 2.53. The van der Waals surface area contributed by atoms with Crippen LogP contribution in [0, 0.1) is 30.1 Å². The summed E-state index contributed by atoms with van der Waals surface area (Å²) in [6.07, 6.45) is 8.17. The van der Waals surface area contributed by atoms with Crippen LogP contribution < -0.4 is 10.1 Å². The molecule has 0 radical (unpaired) electrons. The maximum Gasteiger partial charge on any atom is 0.258 e. The van der Waals surface area contributed by atoms with E-state index in [0.29, 0.717) is 16.2 Å². The number of hydrogen-bond acceptors (Lipinski definition) is 2. The second kappa shape index (κ2) is 6.50. The predicted molar refractivity (Wildman–Crippen MR) is 99.9 cm³/mol. The monoisotopic (exact) mass is 361 g/mol. The van der Waals surface area contributed by atoms with Crippen molar-refractivity contribution in [1.82, 2.24) is 5.32 Å². The summed E-state index contributed by atoms with van der Waals surface area (Å²) in [5.74, 6) is 3.23. The van der Waals surface area contributed by atoms with E-state index in [2.05, 4.69) is 12.2 Å². The van der Waals surface area contributed by atoms with Gasteiger partial charge in [-0.25, -0.2) is 0 Å². The summed E-state index contributed by atoms with van der Waals surface area (Å²) in [4.78, 5) is 12.4. The summed E-state index contributed by atoms with van der Waals surface area (Å²) in [7, 11) is 0. The minimum absolute atomic E-state index is 0.0277. The number of carbonyl (C=O) groups is 1. The molecule has 136 valence electrons. The standard InChI is InChI=1S/C21H28ClNO2/c1-13-3-4-18(22)19(5-13)25-12-20(24)23-14(2)21-9-15-6-16(10-21)8-17(7-15)11-21/h3-5,14-17H,6-12H2,1-2H3,(H,23,24)/t14-,15?,16?,17?,21?/m1/s1. The number of amides is 1. The maximum absolute atomic E-state index is 12.4. The summed E-state index contributed by atoms with van der Waals surface area (Å²) >= 11 is 6.14. The van der Waals surface area contributed by atoms with Crippen LogP contribution in [0.5, 0.6) is 5.75 Å². The van der Waals surface area contributed by atoms with E-state index in [4.69, 9.17) is 16.3 Å². The molecule has 0 heterocycles. The average Bonchev–Trinajstić information content (AvgIpc) is 2.54. The summed E-state index contributed by atoms with van der Waals surface area (Å²) < 4.78 is 5.66. The van der Waals surface area contributed by atoms with E-state index in [0.717, 1.165) is 23.3 Å². The lowest BCUT2D eigenvalue weighted by atomic mass is 9.48. The van der Waals surface area contributed by atoms with Gasteiger partial charge in [-0.05, 0) is 93.2 Å². The highest BCUT2D eigenvalue weighted by atomic mass is 35.5. The lowest BCUT2D eigenvalue weighted by Gasteiger charge is -2.59. The molecule has 0 aromatic heterocycles. The number of aryl methyl sites for hydroxylation is 1. The van der Waals surface area contributed by atoms with Gasteiger partial charge in [0.05, 0.1) is 5.02 Å². The van der Waals surface area contributed by atoms with Crippen molar-refractivity contribution in [2.45, 2.75) is 58.4 Å². The Morgan fingerprint density at radius 3 is 2.44 bits per heavy atom. The van der Waals surface area contributed by atoms with Crippen molar-refractivity contribution >= 4 is 17.5 Å². The molecule has 0 spiro atoms. The first-order valence-electron chi connectivity index (χ1n) is 9.62. The predicted octanol–water partition coefficient (Wildman–Crippen LogP) is 4.75. The summed E-state index contributed by atoms with van der Waals surface area (Å²) in [5, 5.41) is 3.78. The molecule has 1 aromatic rings. The van der Waals surface area contributed by atoms with Crippen molar-refractivity contribution in [2.75, 3.05) is 6.61 Å². The Bertz CT molecular complexity index is 637. The summed E-state index contributed by atoms with van der Waals surface area (Å²) in [6, 6.07) is 5.84. The van der Waals surface area contributed by atoms with E-state index >= 15 is 0 Å². The van der Waals surface area contributed by atoms with E-state index in [1.54, 1.807) is 0 Å². The first-order chi connectivity index (χ1) is 11.9. The molecule has 1 N–H and O–H groups in total. The summed E-state index contributed by atoms with van der Waals surface area (Å²) in [6.45, 7) is 4.21.